The van der Waals surface area contributed by atoms with Crippen LogP contribution in [0.25, 0.3) is 0 Å². The number of fused-ring (bicyclic) bond motifs is 7. The lowest BCUT2D eigenvalue weighted by atomic mass is 9.30. The second kappa shape index (κ2) is 6.84. The SMILES string of the molecule is C[C@H]1C(=O)CC[C@@H]2[C@]1(C)CC[C@H]1[C@@]2(C)CC[C@@]2(C)[C@@H]3C[C@](C)(O)CC[C@]3(CO)CC[C@]12C. The second-order valence-electron chi connectivity index (χ2n) is 14.5. The Morgan fingerprint density at radius 3 is 2.09 bits per heavy atom. The molecule has 32 heavy (non-hydrogen) atoms. The van der Waals surface area contributed by atoms with Crippen molar-refractivity contribution in [1.82, 2.24) is 0 Å². The summed E-state index contributed by atoms with van der Waals surface area (Å²) in [5, 5.41) is 21.8. The Kier molecular flexibility index (Phi) is 4.99. The summed E-state index contributed by atoms with van der Waals surface area (Å²) in [5.74, 6) is 2.40. The summed E-state index contributed by atoms with van der Waals surface area (Å²) in [6.45, 7) is 14.7. The molecule has 5 saturated carbocycles. The van der Waals surface area contributed by atoms with Gasteiger partial charge < -0.3 is 10.2 Å². The monoisotopic (exact) mass is 444 g/mol. The first-order valence-electron chi connectivity index (χ1n) is 13.6. The molecule has 0 saturated heterocycles. The zero-order chi connectivity index (χ0) is 23.4. The summed E-state index contributed by atoms with van der Waals surface area (Å²) in [6, 6.07) is 0. The number of aliphatic hydroxyl groups is 2. The summed E-state index contributed by atoms with van der Waals surface area (Å²) in [6.07, 6.45) is 11.7. The molecule has 3 heteroatoms. The fourth-order valence-corrected chi connectivity index (χ4v) is 11.1. The Labute approximate surface area is 196 Å². The van der Waals surface area contributed by atoms with E-state index in [0.29, 0.717) is 29.0 Å². The predicted octanol–water partition coefficient (Wildman–Crippen LogP) is 6.15. The van der Waals surface area contributed by atoms with Crippen molar-refractivity contribution < 1.29 is 15.0 Å². The van der Waals surface area contributed by atoms with Crippen LogP contribution in [-0.2, 0) is 4.79 Å². The van der Waals surface area contributed by atoms with Gasteiger partial charge in [-0.3, -0.25) is 4.79 Å². The average Bonchev–Trinajstić information content (AvgIpc) is 2.73. The summed E-state index contributed by atoms with van der Waals surface area (Å²) in [4.78, 5) is 12.7. The van der Waals surface area contributed by atoms with E-state index in [1.807, 2.05) is 6.92 Å². The van der Waals surface area contributed by atoms with Gasteiger partial charge in [0.25, 0.3) is 0 Å². The van der Waals surface area contributed by atoms with Crippen molar-refractivity contribution in [2.24, 2.45) is 50.7 Å². The number of Topliss-reactive ketones (excluding diaryl/α,β-unsaturated/α-hetero) is 1. The van der Waals surface area contributed by atoms with E-state index in [-0.39, 0.29) is 34.2 Å². The van der Waals surface area contributed by atoms with Gasteiger partial charge in [0.1, 0.15) is 5.78 Å². The number of ketones is 1. The first-order chi connectivity index (χ1) is 14.8. The van der Waals surface area contributed by atoms with Crippen LogP contribution in [0.1, 0.15) is 112 Å². The first kappa shape index (κ1) is 23.3. The van der Waals surface area contributed by atoms with Crippen molar-refractivity contribution in [2.45, 2.75) is 118 Å². The highest BCUT2D eigenvalue weighted by molar-refractivity contribution is 5.82. The van der Waals surface area contributed by atoms with Gasteiger partial charge in [0.2, 0.25) is 0 Å². The minimum atomic E-state index is -0.602. The molecular formula is C29H48O3. The van der Waals surface area contributed by atoms with Gasteiger partial charge in [0.15, 0.2) is 0 Å². The molecule has 0 unspecified atom stereocenters. The maximum atomic E-state index is 12.7. The molecule has 0 aromatic heterocycles. The van der Waals surface area contributed by atoms with E-state index in [1.165, 1.54) is 32.1 Å². The minimum absolute atomic E-state index is 0.000799. The molecule has 10 atom stereocenters. The average molecular weight is 445 g/mol. The van der Waals surface area contributed by atoms with Crippen molar-refractivity contribution >= 4 is 5.78 Å². The van der Waals surface area contributed by atoms with Gasteiger partial charge in [-0.2, -0.15) is 0 Å². The predicted molar refractivity (Wildman–Crippen MR) is 128 cm³/mol. The quantitative estimate of drug-likeness (QED) is 0.510. The van der Waals surface area contributed by atoms with Crippen LogP contribution in [0.2, 0.25) is 0 Å². The summed E-state index contributed by atoms with van der Waals surface area (Å²) >= 11 is 0. The molecule has 5 aliphatic rings. The molecule has 0 bridgehead atoms. The molecule has 0 aromatic carbocycles. The van der Waals surface area contributed by atoms with Crippen molar-refractivity contribution in [1.29, 1.82) is 0 Å². The van der Waals surface area contributed by atoms with Crippen LogP contribution in [-0.4, -0.2) is 28.2 Å². The minimum Gasteiger partial charge on any atom is -0.396 e. The third-order valence-electron chi connectivity index (χ3n) is 13.5. The molecule has 0 amide bonds. The smallest absolute Gasteiger partial charge is 0.136 e. The maximum absolute atomic E-state index is 12.7. The molecule has 0 spiro atoms. The van der Waals surface area contributed by atoms with Crippen LogP contribution < -0.4 is 0 Å². The molecule has 5 rings (SSSR count). The van der Waals surface area contributed by atoms with Gasteiger partial charge in [-0.05, 0) is 116 Å². The molecule has 182 valence electrons. The zero-order valence-electron chi connectivity index (χ0n) is 21.6. The van der Waals surface area contributed by atoms with E-state index in [2.05, 4.69) is 34.6 Å². The van der Waals surface area contributed by atoms with Gasteiger partial charge in [0.05, 0.1) is 5.60 Å². The fraction of sp³-hybridized carbons (Fsp3) is 0.966. The molecular weight excluding hydrogens is 396 g/mol. The zero-order valence-corrected chi connectivity index (χ0v) is 21.6. The third-order valence-corrected chi connectivity index (χ3v) is 13.5. The number of rotatable bonds is 1. The Morgan fingerprint density at radius 2 is 1.41 bits per heavy atom. The summed E-state index contributed by atoms with van der Waals surface area (Å²) in [7, 11) is 0. The van der Waals surface area contributed by atoms with Crippen LogP contribution in [0.5, 0.6) is 0 Å². The van der Waals surface area contributed by atoms with Gasteiger partial charge in [-0.15, -0.1) is 0 Å². The first-order valence-corrected chi connectivity index (χ1v) is 13.6. The van der Waals surface area contributed by atoms with Gasteiger partial charge in [0, 0.05) is 18.9 Å². The lowest BCUT2D eigenvalue weighted by Gasteiger charge is -2.74. The molecule has 0 aliphatic heterocycles. The number of carbonyl (C=O) groups is 1. The van der Waals surface area contributed by atoms with Crippen LogP contribution >= 0.6 is 0 Å². The lowest BCUT2D eigenvalue weighted by Crippen LogP contribution is -2.68. The Hall–Kier alpha value is -0.410. The van der Waals surface area contributed by atoms with Crippen LogP contribution in [0.15, 0.2) is 0 Å². The van der Waals surface area contributed by atoms with Crippen molar-refractivity contribution in [3.05, 3.63) is 0 Å². The van der Waals surface area contributed by atoms with E-state index in [1.54, 1.807) is 0 Å². The standard InChI is InChI=1S/C29H48O3/c1-19-20(31)7-8-21-25(19,3)10-9-22-26(21,4)12-13-28(6)23-17-24(2,32)11-15-29(23,18-30)16-14-27(22,28)5/h19,21-23,30,32H,7-18H2,1-6H3/t19-,21+,22-,23-,24+,25+,26-,27+,28-,29+/m0/s1. The van der Waals surface area contributed by atoms with Gasteiger partial charge in [-0.1, -0.05) is 34.6 Å². The topological polar surface area (TPSA) is 57.5 Å². The Balaban J connectivity index is 1.55. The Bertz CT molecular complexity index is 804. The maximum Gasteiger partial charge on any atom is 0.136 e. The summed E-state index contributed by atoms with van der Waals surface area (Å²) in [5.41, 5.74) is 0.249. The highest BCUT2D eigenvalue weighted by atomic mass is 16.3. The summed E-state index contributed by atoms with van der Waals surface area (Å²) < 4.78 is 0. The van der Waals surface area contributed by atoms with Gasteiger partial charge in [-0.25, -0.2) is 0 Å². The molecule has 2 N–H and O–H groups in total. The number of hydrogen-bond donors (Lipinski definition) is 2. The molecule has 5 fully saturated rings. The number of carbonyl (C=O) groups excluding carboxylic acids is 1. The molecule has 0 radical (unpaired) electrons. The van der Waals surface area contributed by atoms with E-state index in [4.69, 9.17) is 0 Å². The van der Waals surface area contributed by atoms with E-state index in [0.717, 1.165) is 38.5 Å². The number of aliphatic hydroxyl groups excluding tert-OH is 1. The van der Waals surface area contributed by atoms with Crippen molar-refractivity contribution in [2.75, 3.05) is 6.61 Å². The van der Waals surface area contributed by atoms with Gasteiger partial charge >= 0.3 is 0 Å². The third kappa shape index (κ3) is 2.70. The van der Waals surface area contributed by atoms with E-state index < -0.39 is 5.60 Å². The van der Waals surface area contributed by atoms with E-state index in [9.17, 15) is 15.0 Å². The largest absolute Gasteiger partial charge is 0.396 e. The highest BCUT2D eigenvalue weighted by Gasteiger charge is 2.71. The molecule has 5 aliphatic carbocycles. The van der Waals surface area contributed by atoms with Crippen LogP contribution in [0, 0.1) is 50.7 Å². The molecule has 0 heterocycles. The van der Waals surface area contributed by atoms with Crippen LogP contribution in [0.4, 0.5) is 0 Å². The molecule has 3 nitrogen and oxygen atoms in total. The lowest BCUT2D eigenvalue weighted by molar-refractivity contribution is -0.267. The van der Waals surface area contributed by atoms with Crippen molar-refractivity contribution in [3.63, 3.8) is 0 Å². The Morgan fingerprint density at radius 1 is 0.781 bits per heavy atom. The highest BCUT2D eigenvalue weighted by Crippen LogP contribution is 2.78. The normalized spacial score (nSPS) is 60.1. The van der Waals surface area contributed by atoms with Crippen molar-refractivity contribution in [3.8, 4) is 0 Å². The fourth-order valence-electron chi connectivity index (χ4n) is 11.1. The van der Waals surface area contributed by atoms with E-state index >= 15 is 0 Å². The van der Waals surface area contributed by atoms with Crippen LogP contribution in [0.3, 0.4) is 0 Å². The second-order valence-corrected chi connectivity index (χ2v) is 14.5. The molecule has 0 aromatic rings. The number of hydrogen-bond acceptors (Lipinski definition) is 3.